The van der Waals surface area contributed by atoms with E-state index >= 15 is 0 Å². The summed E-state index contributed by atoms with van der Waals surface area (Å²) in [5, 5.41) is 4.98. The summed E-state index contributed by atoms with van der Waals surface area (Å²) in [6, 6.07) is 22.0. The van der Waals surface area contributed by atoms with E-state index in [4.69, 9.17) is 4.98 Å². The van der Waals surface area contributed by atoms with Crippen LogP contribution in [0.4, 0.5) is 0 Å². The minimum Gasteiger partial charge on any atom is -0.267 e. The summed E-state index contributed by atoms with van der Waals surface area (Å²) < 4.78 is 0. The van der Waals surface area contributed by atoms with Crippen molar-refractivity contribution >= 4 is 34.4 Å². The van der Waals surface area contributed by atoms with E-state index in [0.29, 0.717) is 5.56 Å². The van der Waals surface area contributed by atoms with Crippen molar-refractivity contribution in [1.29, 1.82) is 0 Å². The van der Waals surface area contributed by atoms with Crippen molar-refractivity contribution in [1.82, 2.24) is 10.4 Å². The van der Waals surface area contributed by atoms with E-state index in [2.05, 4.69) is 68.6 Å². The van der Waals surface area contributed by atoms with Crippen LogP contribution < -0.4 is 5.43 Å². The Hall–Kier alpha value is -3.31. The highest BCUT2D eigenvalue weighted by Crippen LogP contribution is 2.28. The van der Waals surface area contributed by atoms with Gasteiger partial charge in [0.25, 0.3) is 5.91 Å². The lowest BCUT2D eigenvalue weighted by molar-refractivity contribution is 0.0956. The van der Waals surface area contributed by atoms with E-state index in [0.717, 1.165) is 33.5 Å². The van der Waals surface area contributed by atoms with Gasteiger partial charge in [-0.1, -0.05) is 70.2 Å². The van der Waals surface area contributed by atoms with Gasteiger partial charge in [-0.15, -0.1) is 11.3 Å². The molecular weight excluding hydrogens is 414 g/mol. The molecule has 1 amide bonds. The zero-order chi connectivity index (χ0) is 22.7. The lowest BCUT2D eigenvalue weighted by Gasteiger charge is -2.19. The third-order valence-electron chi connectivity index (χ3n) is 5.40. The zero-order valence-corrected chi connectivity index (χ0v) is 19.7. The molecule has 0 unspecified atom stereocenters. The number of nitrogens with zero attached hydrogens (tertiary/aromatic N) is 2. The summed E-state index contributed by atoms with van der Waals surface area (Å²) in [6.45, 7) is 8.70. The zero-order valence-electron chi connectivity index (χ0n) is 18.8. The number of hydrazone groups is 1. The van der Waals surface area contributed by atoms with Gasteiger partial charge in [0.05, 0.1) is 23.0 Å². The number of aryl methyl sites for hydroxylation is 1. The number of amides is 1. The second-order valence-electron chi connectivity index (χ2n) is 8.76. The summed E-state index contributed by atoms with van der Waals surface area (Å²) in [7, 11) is 0. The molecule has 162 valence electrons. The molecule has 0 aliphatic rings. The van der Waals surface area contributed by atoms with E-state index in [1.807, 2.05) is 36.4 Å². The summed E-state index contributed by atoms with van der Waals surface area (Å²) in [5.74, 6) is -0.250. The molecule has 32 heavy (non-hydrogen) atoms. The summed E-state index contributed by atoms with van der Waals surface area (Å²) >= 11 is 1.67. The molecule has 2 heterocycles. The van der Waals surface area contributed by atoms with Gasteiger partial charge in [-0.05, 0) is 41.7 Å². The van der Waals surface area contributed by atoms with Crippen molar-refractivity contribution in [2.24, 2.45) is 5.10 Å². The molecular formula is C27H27N3OS. The molecule has 1 N–H and O–H groups in total. The van der Waals surface area contributed by atoms with Crippen LogP contribution in [-0.2, 0) is 11.8 Å². The number of para-hydroxylation sites is 1. The van der Waals surface area contributed by atoms with E-state index in [1.165, 1.54) is 10.4 Å². The predicted molar refractivity (Wildman–Crippen MR) is 135 cm³/mol. The van der Waals surface area contributed by atoms with Gasteiger partial charge in [0.1, 0.15) is 0 Å². The first-order valence-electron chi connectivity index (χ1n) is 10.8. The van der Waals surface area contributed by atoms with Crippen LogP contribution in [0.3, 0.4) is 0 Å². The van der Waals surface area contributed by atoms with Crippen molar-refractivity contribution in [3.05, 3.63) is 87.6 Å². The van der Waals surface area contributed by atoms with E-state index in [-0.39, 0.29) is 11.3 Å². The number of hydrogen-bond donors (Lipinski definition) is 1. The third kappa shape index (κ3) is 4.78. The number of benzene rings is 2. The molecule has 0 spiro atoms. The number of thiophene rings is 1. The fourth-order valence-corrected chi connectivity index (χ4v) is 4.35. The first-order chi connectivity index (χ1) is 15.3. The van der Waals surface area contributed by atoms with E-state index in [1.54, 1.807) is 17.6 Å². The molecule has 4 aromatic rings. The molecule has 0 saturated heterocycles. The maximum atomic E-state index is 13.0. The first-order valence-corrected chi connectivity index (χ1v) is 11.6. The van der Waals surface area contributed by atoms with Gasteiger partial charge in [-0.25, -0.2) is 10.4 Å². The highest BCUT2D eigenvalue weighted by Gasteiger charge is 2.16. The van der Waals surface area contributed by atoms with Gasteiger partial charge in [0.2, 0.25) is 0 Å². The van der Waals surface area contributed by atoms with Crippen LogP contribution in [-0.4, -0.2) is 17.1 Å². The number of hydrogen-bond acceptors (Lipinski definition) is 4. The fourth-order valence-electron chi connectivity index (χ4n) is 3.52. The van der Waals surface area contributed by atoms with Gasteiger partial charge in [-0.2, -0.15) is 5.10 Å². The van der Waals surface area contributed by atoms with Gasteiger partial charge in [0, 0.05) is 20.7 Å². The standard InChI is InChI=1S/C27H27N3OS/c1-5-20-14-15-21(32-20)17-28-30-26(31)23-16-25(29-24-9-7-6-8-22(23)24)18-10-12-19(13-11-18)27(2,3)4/h6-17H,5H2,1-4H3,(H,30,31)/b28-17+. The summed E-state index contributed by atoms with van der Waals surface area (Å²) in [6.07, 6.45) is 2.69. The Balaban J connectivity index is 1.65. The Bertz CT molecular complexity index is 1280. The Morgan fingerprint density at radius 3 is 2.50 bits per heavy atom. The summed E-state index contributed by atoms with van der Waals surface area (Å²) in [4.78, 5) is 20.1. The van der Waals surface area contributed by atoms with Crippen molar-refractivity contribution < 1.29 is 4.79 Å². The molecule has 0 bridgehead atoms. The van der Waals surface area contributed by atoms with Crippen LogP contribution in [0.25, 0.3) is 22.2 Å². The molecule has 4 rings (SSSR count). The minimum atomic E-state index is -0.250. The number of nitrogens with one attached hydrogen (secondary N) is 1. The topological polar surface area (TPSA) is 54.4 Å². The smallest absolute Gasteiger partial charge is 0.267 e. The Kier molecular flexibility index (Phi) is 6.19. The predicted octanol–water partition coefficient (Wildman–Crippen LogP) is 6.59. The van der Waals surface area contributed by atoms with Crippen LogP contribution in [0.2, 0.25) is 0 Å². The Morgan fingerprint density at radius 1 is 1.06 bits per heavy atom. The molecule has 0 aliphatic heterocycles. The molecule has 2 aromatic carbocycles. The van der Waals surface area contributed by atoms with Crippen LogP contribution in [0.15, 0.2) is 71.8 Å². The molecule has 2 aromatic heterocycles. The summed E-state index contributed by atoms with van der Waals surface area (Å²) in [5.41, 5.74) is 7.11. The third-order valence-corrected chi connectivity index (χ3v) is 6.56. The van der Waals surface area contributed by atoms with E-state index < -0.39 is 0 Å². The van der Waals surface area contributed by atoms with Gasteiger partial charge >= 0.3 is 0 Å². The molecule has 0 fully saturated rings. The number of aromatic nitrogens is 1. The molecule has 4 nitrogen and oxygen atoms in total. The quantitative estimate of drug-likeness (QED) is 0.281. The second-order valence-corrected chi connectivity index (χ2v) is 9.96. The normalized spacial score (nSPS) is 11.9. The largest absolute Gasteiger partial charge is 0.272 e. The van der Waals surface area contributed by atoms with Crippen molar-refractivity contribution in [2.75, 3.05) is 0 Å². The molecule has 0 saturated carbocycles. The Morgan fingerprint density at radius 2 is 1.81 bits per heavy atom. The van der Waals surface area contributed by atoms with Crippen molar-refractivity contribution in [3.63, 3.8) is 0 Å². The van der Waals surface area contributed by atoms with Gasteiger partial charge in [-0.3, -0.25) is 4.79 Å². The highest BCUT2D eigenvalue weighted by molar-refractivity contribution is 7.13. The highest BCUT2D eigenvalue weighted by atomic mass is 32.1. The number of carbonyl (C=O) groups is 1. The number of rotatable bonds is 5. The first kappa shape index (κ1) is 21.9. The SMILES string of the molecule is CCc1ccc(/C=N/NC(=O)c2cc(-c3ccc(C(C)(C)C)cc3)nc3ccccc23)s1. The maximum Gasteiger partial charge on any atom is 0.272 e. The van der Waals surface area contributed by atoms with E-state index in [9.17, 15) is 4.79 Å². The maximum absolute atomic E-state index is 13.0. The Labute approximate surface area is 193 Å². The minimum absolute atomic E-state index is 0.0822. The lowest BCUT2D eigenvalue weighted by Crippen LogP contribution is -2.18. The fraction of sp³-hybridized carbons (Fsp3) is 0.222. The number of pyridine rings is 1. The van der Waals surface area contributed by atoms with Crippen LogP contribution in [0.5, 0.6) is 0 Å². The molecule has 0 aliphatic carbocycles. The van der Waals surface area contributed by atoms with Gasteiger partial charge in [0.15, 0.2) is 0 Å². The van der Waals surface area contributed by atoms with Crippen LogP contribution in [0, 0.1) is 0 Å². The van der Waals surface area contributed by atoms with Crippen LogP contribution >= 0.6 is 11.3 Å². The molecule has 0 atom stereocenters. The van der Waals surface area contributed by atoms with Crippen LogP contribution in [0.1, 0.15) is 53.4 Å². The average molecular weight is 442 g/mol. The average Bonchev–Trinajstić information content (AvgIpc) is 3.26. The number of carbonyl (C=O) groups excluding carboxylic acids is 1. The molecule has 0 radical (unpaired) electrons. The second kappa shape index (κ2) is 9.05. The van der Waals surface area contributed by atoms with Gasteiger partial charge < -0.3 is 0 Å². The number of fused-ring (bicyclic) bond motifs is 1. The lowest BCUT2D eigenvalue weighted by atomic mass is 9.86. The van der Waals surface area contributed by atoms with Crippen molar-refractivity contribution in [3.8, 4) is 11.3 Å². The monoisotopic (exact) mass is 441 g/mol. The molecule has 5 heteroatoms. The van der Waals surface area contributed by atoms with Crippen molar-refractivity contribution in [2.45, 2.75) is 39.5 Å².